The molecule has 4 heteroatoms. The molecule has 1 saturated heterocycles. The van der Waals surface area contributed by atoms with Crippen molar-refractivity contribution in [1.82, 2.24) is 4.90 Å². The second-order valence-electron chi connectivity index (χ2n) is 5.65. The molecule has 2 fully saturated rings. The zero-order valence-corrected chi connectivity index (χ0v) is 10.9. The van der Waals surface area contributed by atoms with Crippen molar-refractivity contribution >= 4 is 5.97 Å². The first-order valence-electron chi connectivity index (χ1n) is 6.53. The van der Waals surface area contributed by atoms with Gasteiger partial charge in [-0.3, -0.25) is 4.79 Å². The SMILES string of the molecule is COC(=O)C1(C2(O)CCN(C)C2)CCCCC1. The second-order valence-corrected chi connectivity index (χ2v) is 5.65. The molecule has 0 aromatic rings. The maximum atomic E-state index is 12.2. The van der Waals surface area contributed by atoms with Crippen molar-refractivity contribution in [2.75, 3.05) is 27.2 Å². The predicted octanol–water partition coefficient (Wildman–Crippen LogP) is 1.18. The molecule has 0 amide bonds. The molecule has 1 unspecified atom stereocenters. The van der Waals surface area contributed by atoms with Crippen molar-refractivity contribution < 1.29 is 14.6 Å². The lowest BCUT2D eigenvalue weighted by Crippen LogP contribution is -2.56. The first kappa shape index (κ1) is 12.8. The molecular weight excluding hydrogens is 218 g/mol. The number of carbonyl (C=O) groups is 1. The molecule has 1 atom stereocenters. The van der Waals surface area contributed by atoms with Crippen molar-refractivity contribution in [1.29, 1.82) is 0 Å². The third-order valence-electron chi connectivity index (χ3n) is 4.61. The maximum absolute atomic E-state index is 12.2. The Hall–Kier alpha value is -0.610. The molecule has 0 bridgehead atoms. The van der Waals surface area contributed by atoms with Gasteiger partial charge in [-0.05, 0) is 26.3 Å². The lowest BCUT2D eigenvalue weighted by atomic mass is 9.62. The van der Waals surface area contributed by atoms with E-state index in [1.165, 1.54) is 7.11 Å². The van der Waals surface area contributed by atoms with E-state index in [0.717, 1.165) is 38.6 Å². The standard InChI is InChI=1S/C13H23NO3/c1-14-9-8-13(16,10-14)12(11(15)17-2)6-4-3-5-7-12/h16H,3-10H2,1-2H3. The summed E-state index contributed by atoms with van der Waals surface area (Å²) in [6, 6.07) is 0. The van der Waals surface area contributed by atoms with Crippen LogP contribution in [0.2, 0.25) is 0 Å². The summed E-state index contributed by atoms with van der Waals surface area (Å²) in [5.41, 5.74) is -1.56. The van der Waals surface area contributed by atoms with Gasteiger partial charge in [0, 0.05) is 13.1 Å². The molecule has 1 aliphatic heterocycles. The molecule has 4 nitrogen and oxygen atoms in total. The van der Waals surface area contributed by atoms with Gasteiger partial charge in [0.05, 0.1) is 18.1 Å². The summed E-state index contributed by atoms with van der Waals surface area (Å²) < 4.78 is 4.99. The quantitative estimate of drug-likeness (QED) is 0.737. The Morgan fingerprint density at radius 3 is 2.35 bits per heavy atom. The van der Waals surface area contributed by atoms with Crippen LogP contribution in [-0.4, -0.2) is 48.8 Å². The molecule has 2 rings (SSSR count). The van der Waals surface area contributed by atoms with Crippen LogP contribution in [0.15, 0.2) is 0 Å². The van der Waals surface area contributed by atoms with Gasteiger partial charge in [-0.25, -0.2) is 0 Å². The number of likely N-dealkylation sites (tertiary alicyclic amines) is 1. The molecule has 1 N–H and O–H groups in total. The number of ether oxygens (including phenoxy) is 1. The molecule has 98 valence electrons. The number of esters is 1. The average molecular weight is 241 g/mol. The highest BCUT2D eigenvalue weighted by molar-refractivity contribution is 5.78. The lowest BCUT2D eigenvalue weighted by molar-refractivity contribution is -0.177. The predicted molar refractivity (Wildman–Crippen MR) is 64.6 cm³/mol. The van der Waals surface area contributed by atoms with Gasteiger partial charge in [-0.1, -0.05) is 19.3 Å². The van der Waals surface area contributed by atoms with Crippen LogP contribution in [0.25, 0.3) is 0 Å². The Morgan fingerprint density at radius 2 is 1.88 bits per heavy atom. The van der Waals surface area contributed by atoms with E-state index in [1.54, 1.807) is 0 Å². The Kier molecular flexibility index (Phi) is 3.46. The maximum Gasteiger partial charge on any atom is 0.314 e. The number of hydrogen-bond acceptors (Lipinski definition) is 4. The number of carbonyl (C=O) groups excluding carboxylic acids is 1. The van der Waals surface area contributed by atoms with Crippen LogP contribution in [0.4, 0.5) is 0 Å². The summed E-state index contributed by atoms with van der Waals surface area (Å²) in [6.45, 7) is 1.44. The van der Waals surface area contributed by atoms with Gasteiger partial charge in [-0.15, -0.1) is 0 Å². The van der Waals surface area contributed by atoms with E-state index in [2.05, 4.69) is 4.90 Å². The number of rotatable bonds is 2. The Bertz CT molecular complexity index is 299. The number of nitrogens with zero attached hydrogens (tertiary/aromatic N) is 1. The molecule has 0 spiro atoms. The molecule has 2 aliphatic rings. The van der Waals surface area contributed by atoms with E-state index in [4.69, 9.17) is 4.74 Å². The van der Waals surface area contributed by atoms with Crippen LogP contribution in [0, 0.1) is 5.41 Å². The van der Waals surface area contributed by atoms with Gasteiger partial charge < -0.3 is 14.7 Å². The number of methoxy groups -OCH3 is 1. The number of hydrogen-bond donors (Lipinski definition) is 1. The van der Waals surface area contributed by atoms with Crippen LogP contribution in [-0.2, 0) is 9.53 Å². The van der Waals surface area contributed by atoms with Gasteiger partial charge in [0.2, 0.25) is 0 Å². The number of aliphatic hydroxyl groups is 1. The molecule has 0 aromatic heterocycles. The van der Waals surface area contributed by atoms with Gasteiger partial charge in [0.1, 0.15) is 0 Å². The van der Waals surface area contributed by atoms with E-state index in [0.29, 0.717) is 13.0 Å². The Morgan fingerprint density at radius 1 is 1.24 bits per heavy atom. The van der Waals surface area contributed by atoms with E-state index >= 15 is 0 Å². The van der Waals surface area contributed by atoms with Crippen molar-refractivity contribution in [3.8, 4) is 0 Å². The Labute approximate surface area is 103 Å². The third kappa shape index (κ3) is 1.97. The molecule has 1 aliphatic carbocycles. The van der Waals surface area contributed by atoms with Crippen LogP contribution >= 0.6 is 0 Å². The zero-order valence-electron chi connectivity index (χ0n) is 10.9. The van der Waals surface area contributed by atoms with Crippen LogP contribution in [0.1, 0.15) is 38.5 Å². The van der Waals surface area contributed by atoms with Crippen molar-refractivity contribution in [3.05, 3.63) is 0 Å². The monoisotopic (exact) mass is 241 g/mol. The molecular formula is C13H23NO3. The molecule has 1 heterocycles. The minimum absolute atomic E-state index is 0.213. The van der Waals surface area contributed by atoms with E-state index < -0.39 is 11.0 Å². The summed E-state index contributed by atoms with van der Waals surface area (Å²) in [5, 5.41) is 10.9. The topological polar surface area (TPSA) is 49.8 Å². The molecule has 17 heavy (non-hydrogen) atoms. The summed E-state index contributed by atoms with van der Waals surface area (Å²) in [4.78, 5) is 14.3. The first-order valence-corrected chi connectivity index (χ1v) is 6.53. The normalized spacial score (nSPS) is 33.6. The smallest absolute Gasteiger partial charge is 0.314 e. The summed E-state index contributed by atoms with van der Waals surface area (Å²) in [5.74, 6) is -0.213. The van der Waals surface area contributed by atoms with Crippen molar-refractivity contribution in [3.63, 3.8) is 0 Å². The molecule has 1 saturated carbocycles. The van der Waals surface area contributed by atoms with Crippen LogP contribution < -0.4 is 0 Å². The minimum atomic E-state index is -0.894. The highest BCUT2D eigenvalue weighted by atomic mass is 16.5. The first-order chi connectivity index (χ1) is 8.04. The summed E-state index contributed by atoms with van der Waals surface area (Å²) in [7, 11) is 3.42. The minimum Gasteiger partial charge on any atom is -0.469 e. The fourth-order valence-electron chi connectivity index (χ4n) is 3.58. The van der Waals surface area contributed by atoms with E-state index in [-0.39, 0.29) is 5.97 Å². The summed E-state index contributed by atoms with van der Waals surface area (Å²) in [6.07, 6.45) is 5.40. The highest BCUT2D eigenvalue weighted by Crippen LogP contribution is 2.49. The number of β-amino-alcohol motifs (C(OH)–C–C–N with tert-alkyl or cyclic N) is 1. The lowest BCUT2D eigenvalue weighted by Gasteiger charge is -2.45. The van der Waals surface area contributed by atoms with Gasteiger partial charge in [0.15, 0.2) is 0 Å². The zero-order chi connectivity index (χ0) is 12.5. The van der Waals surface area contributed by atoms with E-state index in [9.17, 15) is 9.90 Å². The van der Waals surface area contributed by atoms with Crippen molar-refractivity contribution in [2.45, 2.75) is 44.1 Å². The Balaban J connectivity index is 2.29. The molecule has 0 aromatic carbocycles. The van der Waals surface area contributed by atoms with Gasteiger partial charge in [-0.2, -0.15) is 0 Å². The van der Waals surface area contributed by atoms with Crippen LogP contribution in [0.5, 0.6) is 0 Å². The van der Waals surface area contributed by atoms with Crippen LogP contribution in [0.3, 0.4) is 0 Å². The number of likely N-dealkylation sites (N-methyl/N-ethyl adjacent to an activating group) is 1. The third-order valence-corrected chi connectivity index (χ3v) is 4.61. The fraction of sp³-hybridized carbons (Fsp3) is 0.923. The highest BCUT2D eigenvalue weighted by Gasteiger charge is 2.58. The largest absolute Gasteiger partial charge is 0.469 e. The van der Waals surface area contributed by atoms with Crippen molar-refractivity contribution in [2.24, 2.45) is 5.41 Å². The van der Waals surface area contributed by atoms with Gasteiger partial charge in [0.25, 0.3) is 0 Å². The summed E-state index contributed by atoms with van der Waals surface area (Å²) >= 11 is 0. The molecule has 0 radical (unpaired) electrons. The van der Waals surface area contributed by atoms with E-state index in [1.807, 2.05) is 7.05 Å². The van der Waals surface area contributed by atoms with Gasteiger partial charge >= 0.3 is 5.97 Å². The fourth-order valence-corrected chi connectivity index (χ4v) is 3.58. The average Bonchev–Trinajstić information content (AvgIpc) is 2.70. The second kappa shape index (κ2) is 4.58.